The molecule has 1 aromatic heterocycles. The zero-order chi connectivity index (χ0) is 14.2. The third-order valence-electron chi connectivity index (χ3n) is 3.34. The van der Waals surface area contributed by atoms with Crippen LogP contribution in [0.1, 0.15) is 23.3 Å². The second kappa shape index (κ2) is 5.15. The number of halogens is 4. The molecular formula is C11H13BrF3N3O. The van der Waals surface area contributed by atoms with E-state index in [9.17, 15) is 18.0 Å². The molecule has 1 fully saturated rings. The van der Waals surface area contributed by atoms with Gasteiger partial charge >= 0.3 is 6.18 Å². The van der Waals surface area contributed by atoms with E-state index in [0.29, 0.717) is 10.2 Å². The number of hydrogen-bond acceptors (Lipinski definition) is 2. The van der Waals surface area contributed by atoms with E-state index in [1.54, 1.807) is 7.05 Å². The van der Waals surface area contributed by atoms with E-state index in [0.717, 1.165) is 0 Å². The SMILES string of the molecule is Cn1ncc(Br)c1C(=O)N1CCC(C(F)(F)F)CC1. The van der Waals surface area contributed by atoms with Gasteiger partial charge in [0.15, 0.2) is 0 Å². The molecule has 19 heavy (non-hydrogen) atoms. The largest absolute Gasteiger partial charge is 0.391 e. The van der Waals surface area contributed by atoms with Crippen molar-refractivity contribution in [2.24, 2.45) is 13.0 Å². The highest BCUT2D eigenvalue weighted by Crippen LogP contribution is 2.34. The molecule has 1 amide bonds. The number of piperidine rings is 1. The maximum atomic E-state index is 12.5. The Labute approximate surface area is 116 Å². The highest BCUT2D eigenvalue weighted by molar-refractivity contribution is 9.10. The van der Waals surface area contributed by atoms with Gasteiger partial charge in [0.05, 0.1) is 16.6 Å². The number of hydrogen-bond donors (Lipinski definition) is 0. The van der Waals surface area contributed by atoms with Gasteiger partial charge in [-0.3, -0.25) is 9.48 Å². The van der Waals surface area contributed by atoms with Crippen LogP contribution in [-0.2, 0) is 7.05 Å². The minimum atomic E-state index is -4.16. The average molecular weight is 340 g/mol. The van der Waals surface area contributed by atoms with Crippen molar-refractivity contribution < 1.29 is 18.0 Å². The molecule has 0 radical (unpaired) electrons. The monoisotopic (exact) mass is 339 g/mol. The third-order valence-corrected chi connectivity index (χ3v) is 3.92. The first-order valence-electron chi connectivity index (χ1n) is 5.84. The Kier molecular flexibility index (Phi) is 3.89. The van der Waals surface area contributed by atoms with Crippen LogP contribution < -0.4 is 0 Å². The van der Waals surface area contributed by atoms with E-state index in [1.807, 2.05) is 0 Å². The molecule has 0 unspecified atom stereocenters. The van der Waals surface area contributed by atoms with Crippen molar-refractivity contribution in [3.05, 3.63) is 16.4 Å². The van der Waals surface area contributed by atoms with E-state index < -0.39 is 12.1 Å². The zero-order valence-electron chi connectivity index (χ0n) is 10.2. The summed E-state index contributed by atoms with van der Waals surface area (Å²) in [6.07, 6.45) is -2.74. The number of rotatable bonds is 1. The first kappa shape index (κ1) is 14.4. The van der Waals surface area contributed by atoms with E-state index >= 15 is 0 Å². The first-order valence-corrected chi connectivity index (χ1v) is 6.63. The molecule has 2 rings (SSSR count). The Balaban J connectivity index is 2.04. The smallest absolute Gasteiger partial charge is 0.337 e. The maximum absolute atomic E-state index is 12.5. The fraction of sp³-hybridized carbons (Fsp3) is 0.636. The van der Waals surface area contributed by atoms with Crippen LogP contribution in [0.4, 0.5) is 13.2 Å². The molecule has 0 atom stereocenters. The lowest BCUT2D eigenvalue weighted by molar-refractivity contribution is -0.183. The van der Waals surface area contributed by atoms with Crippen LogP contribution in [0.3, 0.4) is 0 Å². The molecule has 1 saturated heterocycles. The Morgan fingerprint density at radius 3 is 2.42 bits per heavy atom. The fourth-order valence-corrected chi connectivity index (χ4v) is 2.73. The van der Waals surface area contributed by atoms with Gasteiger partial charge in [-0.1, -0.05) is 0 Å². The van der Waals surface area contributed by atoms with Crippen molar-refractivity contribution in [1.82, 2.24) is 14.7 Å². The van der Waals surface area contributed by atoms with Crippen molar-refractivity contribution in [2.75, 3.05) is 13.1 Å². The molecule has 0 aromatic carbocycles. The molecule has 0 saturated carbocycles. The number of alkyl halides is 3. The van der Waals surface area contributed by atoms with Gasteiger partial charge in [-0.05, 0) is 28.8 Å². The molecule has 0 bridgehead atoms. The number of nitrogens with zero attached hydrogens (tertiary/aromatic N) is 3. The minimum Gasteiger partial charge on any atom is -0.337 e. The highest BCUT2D eigenvalue weighted by atomic mass is 79.9. The average Bonchev–Trinajstić information content (AvgIpc) is 2.67. The van der Waals surface area contributed by atoms with Gasteiger partial charge in [0.2, 0.25) is 0 Å². The van der Waals surface area contributed by atoms with Crippen molar-refractivity contribution in [1.29, 1.82) is 0 Å². The van der Waals surface area contributed by atoms with Crippen LogP contribution in [-0.4, -0.2) is 39.9 Å². The summed E-state index contributed by atoms with van der Waals surface area (Å²) in [7, 11) is 1.63. The highest BCUT2D eigenvalue weighted by Gasteiger charge is 2.42. The van der Waals surface area contributed by atoms with Gasteiger partial charge in [-0.2, -0.15) is 18.3 Å². The summed E-state index contributed by atoms with van der Waals surface area (Å²) in [5.74, 6) is -1.58. The van der Waals surface area contributed by atoms with Crippen LogP contribution in [0.25, 0.3) is 0 Å². The predicted octanol–water partition coefficient (Wildman–Crippen LogP) is 2.60. The van der Waals surface area contributed by atoms with Gasteiger partial charge in [0.1, 0.15) is 5.69 Å². The maximum Gasteiger partial charge on any atom is 0.391 e. The summed E-state index contributed by atoms with van der Waals surface area (Å²) in [5.41, 5.74) is 0.366. The predicted molar refractivity (Wildman–Crippen MR) is 65.6 cm³/mol. The molecule has 106 valence electrons. The Hall–Kier alpha value is -1.05. The summed E-state index contributed by atoms with van der Waals surface area (Å²) in [6, 6.07) is 0. The summed E-state index contributed by atoms with van der Waals surface area (Å²) in [6.45, 7) is 0.251. The minimum absolute atomic E-state index is 0.0370. The van der Waals surface area contributed by atoms with Crippen LogP contribution in [0.2, 0.25) is 0 Å². The Morgan fingerprint density at radius 1 is 1.42 bits per heavy atom. The lowest BCUT2D eigenvalue weighted by Crippen LogP contribution is -2.42. The summed E-state index contributed by atoms with van der Waals surface area (Å²) >= 11 is 3.22. The number of carbonyl (C=O) groups excluding carboxylic acids is 1. The Morgan fingerprint density at radius 2 is 2.00 bits per heavy atom. The number of aryl methyl sites for hydroxylation is 1. The van der Waals surface area contributed by atoms with E-state index in [2.05, 4.69) is 21.0 Å². The number of amides is 1. The zero-order valence-corrected chi connectivity index (χ0v) is 11.8. The number of likely N-dealkylation sites (tertiary alicyclic amines) is 1. The molecule has 0 N–H and O–H groups in total. The topological polar surface area (TPSA) is 38.1 Å². The summed E-state index contributed by atoms with van der Waals surface area (Å²) in [5, 5.41) is 3.93. The molecule has 8 heteroatoms. The van der Waals surface area contributed by atoms with Crippen molar-refractivity contribution in [2.45, 2.75) is 19.0 Å². The van der Waals surface area contributed by atoms with E-state index in [4.69, 9.17) is 0 Å². The fourth-order valence-electron chi connectivity index (χ4n) is 2.21. The molecule has 0 aliphatic carbocycles. The second-order valence-electron chi connectivity index (χ2n) is 4.57. The molecule has 1 aliphatic heterocycles. The standard InChI is InChI=1S/C11H13BrF3N3O/c1-17-9(8(12)6-16-17)10(19)18-4-2-7(3-5-18)11(13,14)15/h6-7H,2-5H2,1H3. The van der Waals surface area contributed by atoms with Gasteiger partial charge < -0.3 is 4.90 Å². The van der Waals surface area contributed by atoms with E-state index in [1.165, 1.54) is 15.8 Å². The normalized spacial score (nSPS) is 17.8. The van der Waals surface area contributed by atoms with E-state index in [-0.39, 0.29) is 31.8 Å². The number of carbonyl (C=O) groups is 1. The molecule has 1 aromatic rings. The molecular weight excluding hydrogens is 327 g/mol. The van der Waals surface area contributed by atoms with Crippen molar-refractivity contribution >= 4 is 21.8 Å². The first-order chi connectivity index (χ1) is 8.80. The van der Waals surface area contributed by atoms with Gasteiger partial charge in [0.25, 0.3) is 5.91 Å². The molecule has 1 aliphatic rings. The molecule has 0 spiro atoms. The quantitative estimate of drug-likeness (QED) is 0.788. The van der Waals surface area contributed by atoms with Crippen LogP contribution >= 0.6 is 15.9 Å². The lowest BCUT2D eigenvalue weighted by Gasteiger charge is -2.32. The van der Waals surface area contributed by atoms with Crippen molar-refractivity contribution in [3.63, 3.8) is 0 Å². The molecule has 4 nitrogen and oxygen atoms in total. The van der Waals surface area contributed by atoms with Crippen LogP contribution in [0, 0.1) is 5.92 Å². The van der Waals surface area contributed by atoms with Crippen LogP contribution in [0.15, 0.2) is 10.7 Å². The van der Waals surface area contributed by atoms with Crippen molar-refractivity contribution in [3.8, 4) is 0 Å². The van der Waals surface area contributed by atoms with Gasteiger partial charge in [-0.25, -0.2) is 0 Å². The Bertz CT molecular complexity index is 459. The van der Waals surface area contributed by atoms with Crippen LogP contribution in [0.5, 0.6) is 0 Å². The summed E-state index contributed by atoms with van der Waals surface area (Å²) < 4.78 is 39.6. The molecule has 2 heterocycles. The summed E-state index contributed by atoms with van der Waals surface area (Å²) in [4.78, 5) is 13.7. The lowest BCUT2D eigenvalue weighted by atomic mass is 9.96. The second-order valence-corrected chi connectivity index (χ2v) is 5.43. The van der Waals surface area contributed by atoms with Gasteiger partial charge in [-0.15, -0.1) is 0 Å². The number of aromatic nitrogens is 2. The van der Waals surface area contributed by atoms with Gasteiger partial charge in [0, 0.05) is 20.1 Å². The third kappa shape index (κ3) is 2.93.